The minimum atomic E-state index is -0.577. The lowest BCUT2D eigenvalue weighted by Crippen LogP contribution is -1.92. The molecule has 0 aliphatic rings. The van der Waals surface area contributed by atoms with Crippen molar-refractivity contribution in [2.45, 2.75) is 0 Å². The Kier molecular flexibility index (Phi) is 3.50. The van der Waals surface area contributed by atoms with Crippen molar-refractivity contribution in [1.82, 2.24) is 4.98 Å². The summed E-state index contributed by atoms with van der Waals surface area (Å²) < 4.78 is 18.2. The molecule has 17 heavy (non-hydrogen) atoms. The highest BCUT2D eigenvalue weighted by Gasteiger charge is 2.09. The van der Waals surface area contributed by atoms with Gasteiger partial charge in [-0.25, -0.2) is 4.98 Å². The van der Waals surface area contributed by atoms with Crippen LogP contribution in [0.4, 0.5) is 4.39 Å². The second kappa shape index (κ2) is 4.90. The van der Waals surface area contributed by atoms with Gasteiger partial charge in [0.25, 0.3) is 0 Å². The lowest BCUT2D eigenvalue weighted by atomic mass is 10.1. The summed E-state index contributed by atoms with van der Waals surface area (Å²) in [5.41, 5.74) is 1.30. The molecular formula is C12H8Cl2FNO. The third-order valence-corrected chi connectivity index (χ3v) is 3.02. The van der Waals surface area contributed by atoms with E-state index in [4.69, 9.17) is 27.9 Å². The molecule has 2 aromatic rings. The van der Waals surface area contributed by atoms with Gasteiger partial charge in [-0.1, -0.05) is 29.3 Å². The van der Waals surface area contributed by atoms with Crippen LogP contribution in [0.25, 0.3) is 11.1 Å². The Morgan fingerprint density at radius 3 is 2.59 bits per heavy atom. The fourth-order valence-corrected chi connectivity index (χ4v) is 1.77. The van der Waals surface area contributed by atoms with Crippen LogP contribution in [0.3, 0.4) is 0 Å². The van der Waals surface area contributed by atoms with Gasteiger partial charge in [-0.2, -0.15) is 4.39 Å². The molecular weight excluding hydrogens is 264 g/mol. The summed E-state index contributed by atoms with van der Waals surface area (Å²) in [6, 6.07) is 6.34. The largest absolute Gasteiger partial charge is 0.494 e. The van der Waals surface area contributed by atoms with Crippen LogP contribution in [0.15, 0.2) is 30.5 Å². The summed E-state index contributed by atoms with van der Waals surface area (Å²) in [4.78, 5) is 3.53. The van der Waals surface area contributed by atoms with E-state index in [-0.39, 0.29) is 0 Å². The summed E-state index contributed by atoms with van der Waals surface area (Å²) in [7, 11) is 1.50. The predicted molar refractivity (Wildman–Crippen MR) is 66.2 cm³/mol. The van der Waals surface area contributed by atoms with E-state index in [0.717, 1.165) is 5.56 Å². The lowest BCUT2D eigenvalue weighted by Gasteiger charge is -2.08. The van der Waals surface area contributed by atoms with Crippen molar-refractivity contribution in [2.24, 2.45) is 0 Å². The van der Waals surface area contributed by atoms with E-state index in [1.165, 1.54) is 19.4 Å². The van der Waals surface area contributed by atoms with Crippen LogP contribution in [-0.2, 0) is 0 Å². The molecule has 0 saturated carbocycles. The molecule has 0 radical (unpaired) electrons. The first-order valence-corrected chi connectivity index (χ1v) is 5.52. The quantitative estimate of drug-likeness (QED) is 0.764. The van der Waals surface area contributed by atoms with Crippen LogP contribution in [0.2, 0.25) is 10.0 Å². The number of hydrogen-bond acceptors (Lipinski definition) is 2. The molecule has 0 fully saturated rings. The summed E-state index contributed by atoms with van der Waals surface area (Å²) in [5.74, 6) is -0.100. The zero-order chi connectivity index (χ0) is 12.4. The fraction of sp³-hybridized carbons (Fsp3) is 0.0833. The van der Waals surface area contributed by atoms with Crippen LogP contribution in [0.1, 0.15) is 0 Å². The van der Waals surface area contributed by atoms with Crippen LogP contribution < -0.4 is 4.74 Å². The van der Waals surface area contributed by atoms with Gasteiger partial charge in [0, 0.05) is 11.6 Å². The summed E-state index contributed by atoms with van der Waals surface area (Å²) in [6.45, 7) is 0. The highest BCUT2D eigenvalue weighted by atomic mass is 35.5. The number of benzene rings is 1. The van der Waals surface area contributed by atoms with Gasteiger partial charge in [0.2, 0.25) is 5.95 Å². The Morgan fingerprint density at radius 1 is 1.18 bits per heavy atom. The molecule has 2 nitrogen and oxygen atoms in total. The Balaban J connectivity index is 2.58. The minimum Gasteiger partial charge on any atom is -0.494 e. The van der Waals surface area contributed by atoms with E-state index in [9.17, 15) is 4.39 Å². The average Bonchev–Trinajstić information content (AvgIpc) is 2.32. The van der Waals surface area contributed by atoms with E-state index < -0.39 is 5.95 Å². The number of halogens is 3. The van der Waals surface area contributed by atoms with Gasteiger partial charge in [0.15, 0.2) is 0 Å². The molecule has 0 spiro atoms. The van der Waals surface area contributed by atoms with Crippen molar-refractivity contribution in [2.75, 3.05) is 7.11 Å². The minimum absolute atomic E-state index is 0.406. The van der Waals surface area contributed by atoms with Crippen LogP contribution >= 0.6 is 23.2 Å². The summed E-state index contributed by atoms with van der Waals surface area (Å²) in [6.07, 6.45) is 1.33. The number of pyridine rings is 1. The van der Waals surface area contributed by atoms with Crippen molar-refractivity contribution in [1.29, 1.82) is 0 Å². The Hall–Kier alpha value is -1.32. The van der Waals surface area contributed by atoms with E-state index in [1.807, 2.05) is 0 Å². The molecule has 0 saturated heterocycles. The number of ether oxygens (including phenoxy) is 1. The molecule has 0 aliphatic carbocycles. The van der Waals surface area contributed by atoms with Crippen molar-refractivity contribution in [3.8, 4) is 16.9 Å². The Labute approximate surface area is 108 Å². The monoisotopic (exact) mass is 271 g/mol. The first kappa shape index (κ1) is 12.1. The number of aromatic nitrogens is 1. The van der Waals surface area contributed by atoms with Gasteiger partial charge < -0.3 is 4.74 Å². The third kappa shape index (κ3) is 2.51. The molecule has 0 amide bonds. The average molecular weight is 272 g/mol. The second-order valence-electron chi connectivity index (χ2n) is 3.34. The SMILES string of the molecule is COc1cnc(F)cc1-c1ccc(Cl)c(Cl)c1. The molecule has 5 heteroatoms. The maximum absolute atomic E-state index is 13.1. The maximum atomic E-state index is 13.1. The van der Waals surface area contributed by atoms with Crippen molar-refractivity contribution < 1.29 is 9.13 Å². The Morgan fingerprint density at radius 2 is 1.94 bits per heavy atom. The highest BCUT2D eigenvalue weighted by Crippen LogP contribution is 2.33. The van der Waals surface area contributed by atoms with Gasteiger partial charge in [0.1, 0.15) is 5.75 Å². The smallest absolute Gasteiger partial charge is 0.213 e. The maximum Gasteiger partial charge on any atom is 0.213 e. The normalized spacial score (nSPS) is 10.4. The standard InChI is InChI=1S/C12H8Cl2FNO/c1-17-11-6-16-12(15)5-8(11)7-2-3-9(13)10(14)4-7/h2-6H,1H3. The summed E-state index contributed by atoms with van der Waals surface area (Å²) in [5, 5.41) is 0.854. The van der Waals surface area contributed by atoms with Crippen LogP contribution in [0, 0.1) is 5.95 Å². The molecule has 0 unspecified atom stereocenters. The van der Waals surface area contributed by atoms with E-state index in [0.29, 0.717) is 21.4 Å². The molecule has 88 valence electrons. The van der Waals surface area contributed by atoms with E-state index in [2.05, 4.69) is 4.98 Å². The van der Waals surface area contributed by atoms with E-state index in [1.54, 1.807) is 18.2 Å². The van der Waals surface area contributed by atoms with Gasteiger partial charge in [-0.15, -0.1) is 0 Å². The molecule has 0 N–H and O–H groups in total. The molecule has 0 aliphatic heterocycles. The third-order valence-electron chi connectivity index (χ3n) is 2.28. The van der Waals surface area contributed by atoms with Crippen molar-refractivity contribution in [3.05, 3.63) is 46.5 Å². The topological polar surface area (TPSA) is 22.1 Å². The zero-order valence-corrected chi connectivity index (χ0v) is 10.4. The summed E-state index contributed by atoms with van der Waals surface area (Å²) >= 11 is 11.7. The predicted octanol–water partition coefficient (Wildman–Crippen LogP) is 4.20. The lowest BCUT2D eigenvalue weighted by molar-refractivity contribution is 0.412. The molecule has 0 atom stereocenters. The molecule has 1 aromatic heterocycles. The molecule has 1 aromatic carbocycles. The molecule has 1 heterocycles. The number of rotatable bonds is 2. The van der Waals surface area contributed by atoms with Crippen molar-refractivity contribution in [3.63, 3.8) is 0 Å². The molecule has 2 rings (SSSR count). The van der Waals surface area contributed by atoms with Gasteiger partial charge in [-0.3, -0.25) is 0 Å². The number of methoxy groups -OCH3 is 1. The van der Waals surface area contributed by atoms with Gasteiger partial charge >= 0.3 is 0 Å². The number of hydrogen-bond donors (Lipinski definition) is 0. The van der Waals surface area contributed by atoms with Gasteiger partial charge in [-0.05, 0) is 17.7 Å². The van der Waals surface area contributed by atoms with Gasteiger partial charge in [0.05, 0.1) is 23.4 Å². The van der Waals surface area contributed by atoms with Crippen LogP contribution in [-0.4, -0.2) is 12.1 Å². The van der Waals surface area contributed by atoms with E-state index >= 15 is 0 Å². The number of nitrogens with zero attached hydrogens (tertiary/aromatic N) is 1. The zero-order valence-electron chi connectivity index (χ0n) is 8.88. The second-order valence-corrected chi connectivity index (χ2v) is 4.15. The fourth-order valence-electron chi connectivity index (χ4n) is 1.47. The first-order valence-electron chi connectivity index (χ1n) is 4.77. The molecule has 0 bridgehead atoms. The first-order chi connectivity index (χ1) is 8.11. The Bertz CT molecular complexity index is 560. The van der Waals surface area contributed by atoms with Crippen molar-refractivity contribution >= 4 is 23.2 Å². The van der Waals surface area contributed by atoms with Crippen LogP contribution in [0.5, 0.6) is 5.75 Å². The highest BCUT2D eigenvalue weighted by molar-refractivity contribution is 6.42.